The second-order valence-corrected chi connectivity index (χ2v) is 4.74. The summed E-state index contributed by atoms with van der Waals surface area (Å²) >= 11 is 0. The Kier molecular flexibility index (Phi) is 7.90. The second-order valence-electron chi connectivity index (χ2n) is 4.74. The van der Waals surface area contributed by atoms with E-state index in [4.69, 9.17) is 10.5 Å². The molecule has 0 aliphatic carbocycles. The topological polar surface area (TPSA) is 111 Å². The van der Waals surface area contributed by atoms with Crippen molar-refractivity contribution in [3.8, 4) is 5.69 Å². The third-order valence-electron chi connectivity index (χ3n) is 3.04. The lowest BCUT2D eigenvalue weighted by atomic mass is 10.2. The molecule has 0 aliphatic heterocycles. The number of amides is 2. The molecule has 2 aromatic rings. The highest BCUT2D eigenvalue weighted by Crippen LogP contribution is 2.19. The number of primary amides is 1. The molecular weight excluding hydrogens is 334 g/mol. The molecule has 0 bridgehead atoms. The fourth-order valence-corrected chi connectivity index (χ4v) is 1.94. The minimum atomic E-state index is -0.604. The molecule has 1 aromatic carbocycles. The van der Waals surface area contributed by atoms with Gasteiger partial charge in [-0.3, -0.25) is 9.59 Å². The van der Waals surface area contributed by atoms with Crippen molar-refractivity contribution in [2.75, 3.05) is 32.1 Å². The summed E-state index contributed by atoms with van der Waals surface area (Å²) < 4.78 is 6.39. The van der Waals surface area contributed by atoms with Crippen LogP contribution in [0.1, 0.15) is 10.5 Å². The van der Waals surface area contributed by atoms with Gasteiger partial charge in [-0.15, -0.1) is 12.4 Å². The van der Waals surface area contributed by atoms with E-state index in [0.717, 1.165) is 0 Å². The third kappa shape index (κ3) is 5.34. The number of halogens is 1. The fourth-order valence-electron chi connectivity index (χ4n) is 1.94. The Balaban J connectivity index is 0.00000288. The van der Waals surface area contributed by atoms with Crippen molar-refractivity contribution < 1.29 is 14.3 Å². The largest absolute Gasteiger partial charge is 0.383 e. The first kappa shape index (κ1) is 19.6. The van der Waals surface area contributed by atoms with E-state index in [1.165, 1.54) is 10.7 Å². The van der Waals surface area contributed by atoms with Gasteiger partial charge in [-0.2, -0.15) is 5.10 Å². The lowest BCUT2D eigenvalue weighted by molar-refractivity contribution is -0.115. The summed E-state index contributed by atoms with van der Waals surface area (Å²) in [6.45, 7) is 1.29. The molecule has 0 radical (unpaired) electrons. The minimum absolute atomic E-state index is 0. The molecule has 2 rings (SSSR count). The Morgan fingerprint density at radius 3 is 2.71 bits per heavy atom. The summed E-state index contributed by atoms with van der Waals surface area (Å²) in [5, 5.41) is 9.86. The van der Waals surface area contributed by atoms with Crippen LogP contribution in [0.25, 0.3) is 5.69 Å². The molecule has 1 aromatic heterocycles. The van der Waals surface area contributed by atoms with Crippen molar-refractivity contribution in [2.24, 2.45) is 5.73 Å². The molecule has 8 nitrogen and oxygen atoms in total. The van der Waals surface area contributed by atoms with Gasteiger partial charge in [0.25, 0.3) is 5.91 Å². The van der Waals surface area contributed by atoms with Gasteiger partial charge >= 0.3 is 0 Å². The van der Waals surface area contributed by atoms with Gasteiger partial charge in [-0.1, -0.05) is 12.1 Å². The third-order valence-corrected chi connectivity index (χ3v) is 3.04. The van der Waals surface area contributed by atoms with Crippen LogP contribution in [0, 0.1) is 0 Å². The van der Waals surface area contributed by atoms with Crippen LogP contribution in [0.2, 0.25) is 0 Å². The monoisotopic (exact) mass is 353 g/mol. The first-order valence-electron chi connectivity index (χ1n) is 7.06. The number of anilines is 1. The molecule has 4 N–H and O–H groups in total. The number of rotatable bonds is 8. The standard InChI is InChI=1S/C15H19N5O3.ClH/c1-23-9-7-17-10-14(21)18-11-4-2-3-5-13(11)20-8-6-12(19-20)15(16)22;/h2-6,8,17H,7,9-10H2,1H3,(H2,16,22)(H,18,21);1H. The summed E-state index contributed by atoms with van der Waals surface area (Å²) in [6.07, 6.45) is 1.61. The summed E-state index contributed by atoms with van der Waals surface area (Å²) in [7, 11) is 1.60. The summed E-state index contributed by atoms with van der Waals surface area (Å²) in [5.74, 6) is -0.788. The van der Waals surface area contributed by atoms with Crippen LogP contribution >= 0.6 is 12.4 Å². The molecule has 0 aliphatic rings. The average molecular weight is 354 g/mol. The molecule has 2 amide bonds. The second kappa shape index (κ2) is 9.66. The summed E-state index contributed by atoms with van der Waals surface area (Å²) in [6, 6.07) is 8.68. The van der Waals surface area contributed by atoms with E-state index in [0.29, 0.717) is 24.5 Å². The lowest BCUT2D eigenvalue weighted by Crippen LogP contribution is -2.30. The van der Waals surface area contributed by atoms with Crippen molar-refractivity contribution in [3.05, 3.63) is 42.2 Å². The summed E-state index contributed by atoms with van der Waals surface area (Å²) in [4.78, 5) is 23.1. The number of nitrogens with zero attached hydrogens (tertiary/aromatic N) is 2. The predicted molar refractivity (Wildman–Crippen MR) is 92.7 cm³/mol. The number of ether oxygens (including phenoxy) is 1. The lowest BCUT2D eigenvalue weighted by Gasteiger charge is -2.11. The molecule has 0 saturated carbocycles. The smallest absolute Gasteiger partial charge is 0.269 e. The molecule has 9 heteroatoms. The van der Waals surface area contributed by atoms with E-state index < -0.39 is 5.91 Å². The number of benzene rings is 1. The Labute approximate surface area is 145 Å². The average Bonchev–Trinajstić information content (AvgIpc) is 3.02. The molecule has 0 unspecified atom stereocenters. The number of aromatic nitrogens is 2. The van der Waals surface area contributed by atoms with Gasteiger partial charge in [0.2, 0.25) is 5.91 Å². The Bertz CT molecular complexity index is 689. The van der Waals surface area contributed by atoms with E-state index in [-0.39, 0.29) is 30.6 Å². The Morgan fingerprint density at radius 2 is 2.04 bits per heavy atom. The number of carbonyl (C=O) groups excluding carboxylic acids is 2. The van der Waals surface area contributed by atoms with Gasteiger partial charge in [0, 0.05) is 19.9 Å². The van der Waals surface area contributed by atoms with E-state index in [9.17, 15) is 9.59 Å². The van der Waals surface area contributed by atoms with Crippen LogP contribution in [-0.4, -0.2) is 48.4 Å². The zero-order valence-electron chi connectivity index (χ0n) is 13.2. The molecule has 0 saturated heterocycles. The molecule has 0 atom stereocenters. The highest BCUT2D eigenvalue weighted by atomic mass is 35.5. The van der Waals surface area contributed by atoms with Crippen molar-refractivity contribution in [2.45, 2.75) is 0 Å². The number of nitrogens with two attached hydrogens (primary N) is 1. The molecule has 24 heavy (non-hydrogen) atoms. The zero-order chi connectivity index (χ0) is 16.7. The summed E-state index contributed by atoms with van der Waals surface area (Å²) in [5.41, 5.74) is 6.59. The predicted octanol–water partition coefficient (Wildman–Crippen LogP) is 0.567. The number of carbonyl (C=O) groups is 2. The highest BCUT2D eigenvalue weighted by molar-refractivity contribution is 5.94. The number of hydrogen-bond acceptors (Lipinski definition) is 5. The van der Waals surface area contributed by atoms with Crippen LogP contribution in [-0.2, 0) is 9.53 Å². The maximum atomic E-state index is 12.0. The highest BCUT2D eigenvalue weighted by Gasteiger charge is 2.11. The molecule has 0 fully saturated rings. The van der Waals surface area contributed by atoms with E-state index >= 15 is 0 Å². The van der Waals surface area contributed by atoms with Crippen molar-refractivity contribution in [1.82, 2.24) is 15.1 Å². The first-order chi connectivity index (χ1) is 11.1. The van der Waals surface area contributed by atoms with Crippen LogP contribution in [0.4, 0.5) is 5.69 Å². The number of hydrogen-bond donors (Lipinski definition) is 3. The Hall–Kier alpha value is -2.42. The van der Waals surface area contributed by atoms with Crippen molar-refractivity contribution in [3.63, 3.8) is 0 Å². The number of nitrogens with one attached hydrogen (secondary N) is 2. The van der Waals surface area contributed by atoms with Crippen LogP contribution in [0.5, 0.6) is 0 Å². The molecule has 0 spiro atoms. The SMILES string of the molecule is COCCNCC(=O)Nc1ccccc1-n1ccc(C(N)=O)n1.Cl. The van der Waals surface area contributed by atoms with Crippen LogP contribution in [0.3, 0.4) is 0 Å². The maximum absolute atomic E-state index is 12.0. The number of para-hydroxylation sites is 2. The van der Waals surface area contributed by atoms with Crippen LogP contribution in [0.15, 0.2) is 36.5 Å². The zero-order valence-corrected chi connectivity index (χ0v) is 14.0. The number of methoxy groups -OCH3 is 1. The van der Waals surface area contributed by atoms with Crippen molar-refractivity contribution in [1.29, 1.82) is 0 Å². The van der Waals surface area contributed by atoms with Crippen molar-refractivity contribution >= 4 is 29.9 Å². The quantitative estimate of drug-likeness (QED) is 0.601. The van der Waals surface area contributed by atoms with Gasteiger partial charge in [-0.25, -0.2) is 4.68 Å². The normalized spacial score (nSPS) is 10.0. The van der Waals surface area contributed by atoms with Gasteiger partial charge in [-0.05, 0) is 18.2 Å². The van der Waals surface area contributed by atoms with E-state index in [1.807, 2.05) is 6.07 Å². The van der Waals surface area contributed by atoms with Gasteiger partial charge in [0.15, 0.2) is 0 Å². The van der Waals surface area contributed by atoms with Gasteiger partial charge in [0.1, 0.15) is 5.69 Å². The first-order valence-corrected chi connectivity index (χ1v) is 7.06. The van der Waals surface area contributed by atoms with Gasteiger partial charge in [0.05, 0.1) is 24.5 Å². The molecule has 130 valence electrons. The van der Waals surface area contributed by atoms with E-state index in [1.54, 1.807) is 31.5 Å². The molecular formula is C15H20ClN5O3. The van der Waals surface area contributed by atoms with Gasteiger partial charge < -0.3 is 21.1 Å². The minimum Gasteiger partial charge on any atom is -0.383 e. The maximum Gasteiger partial charge on any atom is 0.269 e. The van der Waals surface area contributed by atoms with E-state index in [2.05, 4.69) is 15.7 Å². The fraction of sp³-hybridized carbons (Fsp3) is 0.267. The molecule has 1 heterocycles. The van der Waals surface area contributed by atoms with Crippen LogP contribution < -0.4 is 16.4 Å². The Morgan fingerprint density at radius 1 is 1.29 bits per heavy atom.